The number of fused-ring (bicyclic) bond motifs is 2. The van der Waals surface area contributed by atoms with Crippen LogP contribution in [-0.4, -0.2) is 57.8 Å². The number of benzene rings is 2. The third kappa shape index (κ3) is 4.10. The number of para-hydroxylation sites is 1. The van der Waals surface area contributed by atoms with E-state index in [0.29, 0.717) is 6.54 Å². The fourth-order valence-corrected chi connectivity index (χ4v) is 4.16. The summed E-state index contributed by atoms with van der Waals surface area (Å²) in [5.74, 6) is 3.86. The van der Waals surface area contributed by atoms with Crippen molar-refractivity contribution in [3.8, 4) is 11.5 Å². The van der Waals surface area contributed by atoms with Crippen molar-refractivity contribution in [2.24, 2.45) is 0 Å². The van der Waals surface area contributed by atoms with E-state index in [0.717, 1.165) is 71.9 Å². The van der Waals surface area contributed by atoms with Crippen LogP contribution in [-0.2, 0) is 6.54 Å². The SMILES string of the molecule is c1cnc(N2CCN(Cc3nc(Nc4ccc5c(c4)OCO5)c4ccccc4n3)CC2)nc1. The average molecular weight is 441 g/mol. The number of hydrogen-bond donors (Lipinski definition) is 1. The molecule has 6 rings (SSSR count). The molecule has 2 aliphatic heterocycles. The van der Waals surface area contributed by atoms with Crippen LogP contribution in [0.25, 0.3) is 10.9 Å². The lowest BCUT2D eigenvalue weighted by atomic mass is 10.2. The Morgan fingerprint density at radius 2 is 1.67 bits per heavy atom. The third-order valence-electron chi connectivity index (χ3n) is 5.86. The van der Waals surface area contributed by atoms with Gasteiger partial charge in [-0.2, -0.15) is 0 Å². The molecule has 2 aliphatic rings. The van der Waals surface area contributed by atoms with E-state index in [-0.39, 0.29) is 6.79 Å². The molecule has 0 aliphatic carbocycles. The number of anilines is 3. The summed E-state index contributed by atoms with van der Waals surface area (Å²) in [6, 6.07) is 15.7. The number of aromatic nitrogens is 4. The molecule has 4 heterocycles. The largest absolute Gasteiger partial charge is 0.454 e. The van der Waals surface area contributed by atoms with E-state index in [1.54, 1.807) is 12.4 Å². The Labute approximate surface area is 191 Å². The number of nitrogens with one attached hydrogen (secondary N) is 1. The van der Waals surface area contributed by atoms with Crippen LogP contribution >= 0.6 is 0 Å². The van der Waals surface area contributed by atoms with Crippen LogP contribution in [0.15, 0.2) is 60.9 Å². The summed E-state index contributed by atoms with van der Waals surface area (Å²) in [6.07, 6.45) is 3.57. The molecule has 33 heavy (non-hydrogen) atoms. The molecule has 0 bridgehead atoms. The maximum Gasteiger partial charge on any atom is 0.231 e. The minimum Gasteiger partial charge on any atom is -0.454 e. The van der Waals surface area contributed by atoms with Gasteiger partial charge < -0.3 is 19.7 Å². The highest BCUT2D eigenvalue weighted by molar-refractivity contribution is 5.90. The van der Waals surface area contributed by atoms with E-state index in [1.165, 1.54) is 0 Å². The summed E-state index contributed by atoms with van der Waals surface area (Å²) in [5, 5.41) is 4.43. The molecule has 1 N–H and O–H groups in total. The minimum absolute atomic E-state index is 0.253. The predicted octanol–water partition coefficient (Wildman–Crippen LogP) is 3.21. The normalized spacial score (nSPS) is 15.7. The number of nitrogens with zero attached hydrogens (tertiary/aromatic N) is 6. The average Bonchev–Trinajstić information content (AvgIpc) is 3.33. The second-order valence-electron chi connectivity index (χ2n) is 8.01. The van der Waals surface area contributed by atoms with Crippen molar-refractivity contribution in [2.75, 3.05) is 43.2 Å². The van der Waals surface area contributed by atoms with Gasteiger partial charge in [0.25, 0.3) is 0 Å². The van der Waals surface area contributed by atoms with Crippen molar-refractivity contribution >= 4 is 28.4 Å². The van der Waals surface area contributed by atoms with Crippen LogP contribution in [0.4, 0.5) is 17.5 Å². The van der Waals surface area contributed by atoms with Gasteiger partial charge in [-0.25, -0.2) is 19.9 Å². The standard InChI is InChI=1S/C24H23N7O2/c1-2-5-19-18(4-1)23(27-17-6-7-20-21(14-17)33-16-32-20)29-22(28-19)15-30-10-12-31(13-11-30)24-25-8-3-9-26-24/h1-9,14H,10-13,15-16H2,(H,27,28,29). The number of ether oxygens (including phenoxy) is 2. The van der Waals surface area contributed by atoms with Gasteiger partial charge in [0.1, 0.15) is 11.6 Å². The van der Waals surface area contributed by atoms with Gasteiger partial charge in [0, 0.05) is 55.7 Å². The molecule has 2 aromatic heterocycles. The molecular weight excluding hydrogens is 418 g/mol. The van der Waals surface area contributed by atoms with Crippen LogP contribution in [0, 0.1) is 0 Å². The summed E-state index contributed by atoms with van der Waals surface area (Å²) >= 11 is 0. The number of piperazine rings is 1. The Hall–Kier alpha value is -3.98. The van der Waals surface area contributed by atoms with Crippen LogP contribution in [0.1, 0.15) is 5.82 Å². The van der Waals surface area contributed by atoms with Gasteiger partial charge >= 0.3 is 0 Å². The summed E-state index contributed by atoms with van der Waals surface area (Å²) in [6.45, 7) is 4.49. The minimum atomic E-state index is 0.253. The second kappa shape index (κ2) is 8.51. The van der Waals surface area contributed by atoms with Gasteiger partial charge in [0.2, 0.25) is 12.7 Å². The Balaban J connectivity index is 1.21. The van der Waals surface area contributed by atoms with E-state index in [9.17, 15) is 0 Å². The highest BCUT2D eigenvalue weighted by Gasteiger charge is 2.20. The highest BCUT2D eigenvalue weighted by Crippen LogP contribution is 2.35. The second-order valence-corrected chi connectivity index (χ2v) is 8.01. The molecule has 0 saturated carbocycles. The topological polar surface area (TPSA) is 88.5 Å². The summed E-state index contributed by atoms with van der Waals surface area (Å²) in [5.41, 5.74) is 1.81. The smallest absolute Gasteiger partial charge is 0.231 e. The van der Waals surface area contributed by atoms with Gasteiger partial charge in [-0.05, 0) is 30.3 Å². The Morgan fingerprint density at radius 1 is 0.848 bits per heavy atom. The zero-order valence-electron chi connectivity index (χ0n) is 18.0. The highest BCUT2D eigenvalue weighted by atomic mass is 16.7. The number of hydrogen-bond acceptors (Lipinski definition) is 9. The van der Waals surface area contributed by atoms with Crippen molar-refractivity contribution in [3.63, 3.8) is 0 Å². The monoisotopic (exact) mass is 441 g/mol. The van der Waals surface area contributed by atoms with Gasteiger partial charge in [0.05, 0.1) is 12.1 Å². The first-order valence-electron chi connectivity index (χ1n) is 11.0. The van der Waals surface area contributed by atoms with Crippen molar-refractivity contribution in [3.05, 3.63) is 66.7 Å². The molecule has 0 unspecified atom stereocenters. The Morgan fingerprint density at radius 3 is 2.55 bits per heavy atom. The first-order chi connectivity index (χ1) is 16.3. The van der Waals surface area contributed by atoms with Crippen molar-refractivity contribution < 1.29 is 9.47 Å². The van der Waals surface area contributed by atoms with E-state index >= 15 is 0 Å². The zero-order chi connectivity index (χ0) is 22.0. The Kier molecular flexibility index (Phi) is 5.08. The maximum atomic E-state index is 5.51. The summed E-state index contributed by atoms with van der Waals surface area (Å²) in [7, 11) is 0. The molecule has 2 aromatic carbocycles. The van der Waals surface area contributed by atoms with Crippen LogP contribution in [0.5, 0.6) is 11.5 Å². The van der Waals surface area contributed by atoms with E-state index in [2.05, 4.69) is 25.1 Å². The molecule has 9 nitrogen and oxygen atoms in total. The van der Waals surface area contributed by atoms with Crippen molar-refractivity contribution in [1.29, 1.82) is 0 Å². The fourth-order valence-electron chi connectivity index (χ4n) is 4.16. The lowest BCUT2D eigenvalue weighted by molar-refractivity contribution is 0.174. The number of rotatable bonds is 5. The van der Waals surface area contributed by atoms with Gasteiger partial charge in [-0.15, -0.1) is 0 Å². The lowest BCUT2D eigenvalue weighted by Crippen LogP contribution is -2.46. The fraction of sp³-hybridized carbons (Fsp3) is 0.250. The molecule has 1 saturated heterocycles. The van der Waals surface area contributed by atoms with Crippen molar-refractivity contribution in [2.45, 2.75) is 6.54 Å². The molecule has 0 atom stereocenters. The van der Waals surface area contributed by atoms with Gasteiger partial charge in [0.15, 0.2) is 11.5 Å². The van der Waals surface area contributed by atoms with Crippen LogP contribution in [0.2, 0.25) is 0 Å². The molecule has 0 radical (unpaired) electrons. The van der Waals surface area contributed by atoms with Gasteiger partial charge in [-0.3, -0.25) is 4.90 Å². The summed E-state index contributed by atoms with van der Waals surface area (Å²) in [4.78, 5) is 23.0. The Bertz CT molecular complexity index is 1280. The van der Waals surface area contributed by atoms with Crippen molar-refractivity contribution in [1.82, 2.24) is 24.8 Å². The van der Waals surface area contributed by atoms with Gasteiger partial charge in [-0.1, -0.05) is 12.1 Å². The first-order valence-corrected chi connectivity index (χ1v) is 11.0. The van der Waals surface area contributed by atoms with Crippen LogP contribution < -0.4 is 19.7 Å². The molecule has 166 valence electrons. The molecule has 0 spiro atoms. The maximum absolute atomic E-state index is 5.51. The quantitative estimate of drug-likeness (QED) is 0.501. The predicted molar refractivity (Wildman–Crippen MR) is 125 cm³/mol. The first kappa shape index (κ1) is 19.7. The third-order valence-corrected chi connectivity index (χ3v) is 5.86. The lowest BCUT2D eigenvalue weighted by Gasteiger charge is -2.34. The molecule has 4 aromatic rings. The van der Waals surface area contributed by atoms with E-state index in [1.807, 2.05) is 48.5 Å². The van der Waals surface area contributed by atoms with E-state index < -0.39 is 0 Å². The molecular formula is C24H23N7O2. The van der Waals surface area contributed by atoms with E-state index in [4.69, 9.17) is 19.4 Å². The summed E-state index contributed by atoms with van der Waals surface area (Å²) < 4.78 is 10.9. The van der Waals surface area contributed by atoms with Crippen LogP contribution in [0.3, 0.4) is 0 Å². The molecule has 9 heteroatoms. The molecule has 1 fully saturated rings. The molecule has 0 amide bonds. The zero-order valence-corrected chi connectivity index (χ0v) is 18.0.